The number of nitrogens with one attached hydrogen (secondary N) is 4. The van der Waals surface area contributed by atoms with Crippen LogP contribution in [-0.2, 0) is 21.0 Å². The van der Waals surface area contributed by atoms with Gasteiger partial charge < -0.3 is 5.32 Å². The van der Waals surface area contributed by atoms with E-state index in [9.17, 15) is 26.4 Å². The van der Waals surface area contributed by atoms with Crippen molar-refractivity contribution < 1.29 is 26.4 Å². The molecule has 2 aromatic rings. The number of para-hydroxylation sites is 1. The molecule has 7 nitrogen and oxygen atoms in total. The Morgan fingerprint density at radius 2 is 1.69 bits per heavy atom. The number of benzene rings is 2. The average molecular weight is 446 g/mol. The van der Waals surface area contributed by atoms with E-state index in [1.807, 2.05) is 6.07 Å². The van der Waals surface area contributed by atoms with Gasteiger partial charge in [-0.15, -0.1) is 0 Å². The van der Waals surface area contributed by atoms with Crippen LogP contribution < -0.4 is 20.9 Å². The number of carbonyl (C=O) groups excluding carboxylic acids is 1. The van der Waals surface area contributed by atoms with Crippen LogP contribution in [0.4, 0.5) is 18.9 Å². The van der Waals surface area contributed by atoms with Crippen molar-refractivity contribution in [2.75, 3.05) is 11.9 Å². The molecule has 2 rings (SSSR count). The van der Waals surface area contributed by atoms with Crippen LogP contribution in [0.25, 0.3) is 0 Å². The van der Waals surface area contributed by atoms with E-state index in [1.165, 1.54) is 0 Å². The van der Waals surface area contributed by atoms with Crippen LogP contribution in [0.1, 0.15) is 12.0 Å². The van der Waals surface area contributed by atoms with Crippen molar-refractivity contribution in [3.8, 4) is 0 Å². The molecular formula is C17H17F3N4O3S2. The molecule has 1 amide bonds. The minimum atomic E-state index is -4.66. The van der Waals surface area contributed by atoms with Crippen LogP contribution in [0.3, 0.4) is 0 Å². The molecule has 2 aromatic carbocycles. The van der Waals surface area contributed by atoms with Crippen LogP contribution in [0.15, 0.2) is 59.5 Å². The highest BCUT2D eigenvalue weighted by Crippen LogP contribution is 2.30. The lowest BCUT2D eigenvalue weighted by atomic mass is 10.2. The van der Waals surface area contributed by atoms with E-state index >= 15 is 0 Å². The number of carbonyl (C=O) groups is 1. The maximum atomic E-state index is 12.7. The first kappa shape index (κ1) is 22.6. The number of sulfonamides is 1. The zero-order chi connectivity index (χ0) is 21.5. The van der Waals surface area contributed by atoms with Gasteiger partial charge in [-0.05, 0) is 42.5 Å². The molecule has 0 aliphatic rings. The number of alkyl halides is 3. The fourth-order valence-corrected chi connectivity index (χ4v) is 3.34. The Morgan fingerprint density at radius 3 is 2.34 bits per heavy atom. The molecule has 0 heterocycles. The topological polar surface area (TPSA) is 99.3 Å². The summed E-state index contributed by atoms with van der Waals surface area (Å²) in [4.78, 5) is 11.2. The molecule has 156 valence electrons. The van der Waals surface area contributed by atoms with Crippen molar-refractivity contribution in [2.45, 2.75) is 17.5 Å². The third-order valence-corrected chi connectivity index (χ3v) is 5.13. The van der Waals surface area contributed by atoms with Crippen molar-refractivity contribution in [1.82, 2.24) is 15.6 Å². The molecular weight excluding hydrogens is 429 g/mol. The van der Waals surface area contributed by atoms with E-state index < -0.39 is 32.6 Å². The summed E-state index contributed by atoms with van der Waals surface area (Å²) < 4.78 is 64.4. The third kappa shape index (κ3) is 7.33. The fraction of sp³-hybridized carbons (Fsp3) is 0.176. The van der Waals surface area contributed by atoms with E-state index in [0.717, 1.165) is 18.2 Å². The maximum absolute atomic E-state index is 12.7. The van der Waals surface area contributed by atoms with Crippen LogP contribution in [0.2, 0.25) is 0 Å². The number of halogens is 3. The Kier molecular flexibility index (Phi) is 7.53. The molecule has 4 N–H and O–H groups in total. The normalized spacial score (nSPS) is 11.6. The minimum Gasteiger partial charge on any atom is -0.331 e. The Balaban J connectivity index is 1.80. The van der Waals surface area contributed by atoms with Gasteiger partial charge in [0.2, 0.25) is 15.9 Å². The zero-order valence-corrected chi connectivity index (χ0v) is 16.4. The highest BCUT2D eigenvalue weighted by molar-refractivity contribution is 7.89. The third-order valence-electron chi connectivity index (χ3n) is 3.46. The predicted octanol–water partition coefficient (Wildman–Crippen LogP) is 2.39. The maximum Gasteiger partial charge on any atom is 0.416 e. The number of thiocarbonyl (C=S) groups is 1. The van der Waals surface area contributed by atoms with Gasteiger partial charge in [-0.2, -0.15) is 13.2 Å². The zero-order valence-electron chi connectivity index (χ0n) is 14.8. The molecule has 0 aliphatic carbocycles. The highest BCUT2D eigenvalue weighted by atomic mass is 32.2. The Morgan fingerprint density at radius 1 is 1.00 bits per heavy atom. The first-order chi connectivity index (χ1) is 13.6. The number of amides is 1. The van der Waals surface area contributed by atoms with Gasteiger partial charge in [0.25, 0.3) is 0 Å². The van der Waals surface area contributed by atoms with E-state index in [-0.39, 0.29) is 18.1 Å². The summed E-state index contributed by atoms with van der Waals surface area (Å²) in [5, 5.41) is 2.94. The second-order valence-corrected chi connectivity index (χ2v) is 7.84. The second-order valence-electron chi connectivity index (χ2n) is 5.67. The highest BCUT2D eigenvalue weighted by Gasteiger charge is 2.31. The summed E-state index contributed by atoms with van der Waals surface area (Å²) in [6.45, 7) is -0.315. The quantitative estimate of drug-likeness (QED) is 0.402. The van der Waals surface area contributed by atoms with Crippen molar-refractivity contribution in [3.05, 3.63) is 60.2 Å². The number of hydrogen-bond acceptors (Lipinski definition) is 4. The second kappa shape index (κ2) is 9.67. The summed E-state index contributed by atoms with van der Waals surface area (Å²) >= 11 is 4.99. The van der Waals surface area contributed by atoms with Gasteiger partial charge >= 0.3 is 6.18 Å². The van der Waals surface area contributed by atoms with Gasteiger partial charge in [0.05, 0.1) is 10.5 Å². The fourth-order valence-electron chi connectivity index (χ4n) is 2.09. The largest absolute Gasteiger partial charge is 0.416 e. The first-order valence-electron chi connectivity index (χ1n) is 8.16. The Hall–Kier alpha value is -2.70. The van der Waals surface area contributed by atoms with Gasteiger partial charge in [0.15, 0.2) is 5.11 Å². The molecule has 0 aromatic heterocycles. The van der Waals surface area contributed by atoms with Crippen LogP contribution in [0.5, 0.6) is 0 Å². The number of anilines is 1. The minimum absolute atomic E-state index is 0.120. The SMILES string of the molecule is O=C(CCNS(=O)(=O)c1cccc(C(F)(F)F)c1)NNC(=S)Nc1ccccc1. The van der Waals surface area contributed by atoms with Gasteiger partial charge in [-0.1, -0.05) is 24.3 Å². The average Bonchev–Trinajstić information content (AvgIpc) is 2.66. The van der Waals surface area contributed by atoms with Crippen LogP contribution in [-0.4, -0.2) is 26.0 Å². The van der Waals surface area contributed by atoms with Crippen molar-refractivity contribution in [2.24, 2.45) is 0 Å². The molecule has 0 saturated heterocycles. The smallest absolute Gasteiger partial charge is 0.331 e. The van der Waals surface area contributed by atoms with E-state index in [4.69, 9.17) is 12.2 Å². The molecule has 12 heteroatoms. The van der Waals surface area contributed by atoms with E-state index in [2.05, 4.69) is 20.9 Å². The summed E-state index contributed by atoms with van der Waals surface area (Å²) in [7, 11) is -4.20. The van der Waals surface area contributed by atoms with Crippen LogP contribution >= 0.6 is 12.2 Å². The molecule has 0 aliphatic heterocycles. The van der Waals surface area contributed by atoms with E-state index in [0.29, 0.717) is 11.8 Å². The molecule has 0 spiro atoms. The van der Waals surface area contributed by atoms with Crippen molar-refractivity contribution in [3.63, 3.8) is 0 Å². The first-order valence-corrected chi connectivity index (χ1v) is 10.0. The summed E-state index contributed by atoms with van der Waals surface area (Å²) in [5.41, 5.74) is 4.35. The Bertz CT molecular complexity index is 967. The molecule has 0 atom stereocenters. The molecule has 0 radical (unpaired) electrons. The molecule has 0 fully saturated rings. The summed E-state index contributed by atoms with van der Waals surface area (Å²) in [5.74, 6) is -0.575. The lowest BCUT2D eigenvalue weighted by molar-refractivity contribution is -0.137. The number of hydrazine groups is 1. The van der Waals surface area contributed by atoms with Crippen molar-refractivity contribution >= 4 is 38.9 Å². The molecule has 0 unspecified atom stereocenters. The lowest BCUT2D eigenvalue weighted by Crippen LogP contribution is -2.44. The molecule has 0 saturated carbocycles. The number of rotatable bonds is 6. The van der Waals surface area contributed by atoms with Gasteiger partial charge in [0.1, 0.15) is 0 Å². The van der Waals surface area contributed by atoms with E-state index in [1.54, 1.807) is 24.3 Å². The van der Waals surface area contributed by atoms with Gasteiger partial charge in [-0.3, -0.25) is 15.6 Å². The lowest BCUT2D eigenvalue weighted by Gasteiger charge is -2.12. The standard InChI is InChI=1S/C17H17F3N4O3S2/c18-17(19,20)12-5-4-8-14(11-12)29(26,27)21-10-9-15(25)23-24-16(28)22-13-6-2-1-3-7-13/h1-8,11,21H,9-10H2,(H,23,25)(H2,22,24,28). The van der Waals surface area contributed by atoms with Crippen molar-refractivity contribution in [1.29, 1.82) is 0 Å². The predicted molar refractivity (Wildman–Crippen MR) is 105 cm³/mol. The summed E-state index contributed by atoms with van der Waals surface area (Å²) in [6, 6.07) is 12.3. The summed E-state index contributed by atoms with van der Waals surface area (Å²) in [6.07, 6.45) is -4.93. The van der Waals surface area contributed by atoms with Gasteiger partial charge in [-0.25, -0.2) is 13.1 Å². The number of hydrogen-bond donors (Lipinski definition) is 4. The van der Waals surface area contributed by atoms with Crippen LogP contribution in [0, 0.1) is 0 Å². The molecule has 29 heavy (non-hydrogen) atoms. The monoisotopic (exact) mass is 446 g/mol. The van der Waals surface area contributed by atoms with Gasteiger partial charge in [0, 0.05) is 18.7 Å². The molecule has 0 bridgehead atoms. The Labute approximate surface area is 170 Å².